The smallest absolute Gasteiger partial charge is 0.238 e. The fourth-order valence-electron chi connectivity index (χ4n) is 2.06. The van der Waals surface area contributed by atoms with Crippen LogP contribution in [0.5, 0.6) is 5.75 Å². The van der Waals surface area contributed by atoms with Crippen molar-refractivity contribution in [1.29, 1.82) is 0 Å². The Bertz CT molecular complexity index is 800. The number of nitrogens with zero attached hydrogens (tertiary/aromatic N) is 2. The summed E-state index contributed by atoms with van der Waals surface area (Å²) in [5.41, 5.74) is 0. The van der Waals surface area contributed by atoms with Gasteiger partial charge in [0.1, 0.15) is 12.4 Å². The number of halogens is 1. The van der Waals surface area contributed by atoms with Crippen molar-refractivity contribution < 1.29 is 18.5 Å². The van der Waals surface area contributed by atoms with E-state index in [1.807, 2.05) is 0 Å². The molecular formula is C17H16ClN3O4. The lowest BCUT2D eigenvalue weighted by molar-refractivity contribution is -0.121. The van der Waals surface area contributed by atoms with E-state index < -0.39 is 0 Å². The SMILES string of the molecule is O=C(CCc1nc(-c2ccco2)no1)NCCOc1ccc(Cl)cc1. The van der Waals surface area contributed by atoms with Crippen molar-refractivity contribution in [2.75, 3.05) is 13.2 Å². The molecule has 1 N–H and O–H groups in total. The van der Waals surface area contributed by atoms with E-state index >= 15 is 0 Å². The highest BCUT2D eigenvalue weighted by Crippen LogP contribution is 2.16. The molecular weight excluding hydrogens is 346 g/mol. The molecule has 7 nitrogen and oxygen atoms in total. The third-order valence-electron chi connectivity index (χ3n) is 3.28. The summed E-state index contributed by atoms with van der Waals surface area (Å²) in [6.45, 7) is 0.777. The number of benzene rings is 1. The van der Waals surface area contributed by atoms with Gasteiger partial charge in [0.15, 0.2) is 5.76 Å². The van der Waals surface area contributed by atoms with Gasteiger partial charge in [0, 0.05) is 17.9 Å². The van der Waals surface area contributed by atoms with Crippen LogP contribution in [0.4, 0.5) is 0 Å². The average molecular weight is 362 g/mol. The van der Waals surface area contributed by atoms with E-state index in [1.165, 1.54) is 6.26 Å². The number of hydrogen-bond acceptors (Lipinski definition) is 6. The highest BCUT2D eigenvalue weighted by Gasteiger charge is 2.12. The molecule has 0 bridgehead atoms. The van der Waals surface area contributed by atoms with Crippen molar-refractivity contribution >= 4 is 17.5 Å². The minimum absolute atomic E-state index is 0.113. The normalized spacial score (nSPS) is 10.6. The Morgan fingerprint density at radius 3 is 2.84 bits per heavy atom. The van der Waals surface area contributed by atoms with Crippen molar-refractivity contribution in [1.82, 2.24) is 15.5 Å². The number of hydrogen-bond donors (Lipinski definition) is 1. The molecule has 2 aromatic heterocycles. The Balaban J connectivity index is 1.35. The van der Waals surface area contributed by atoms with E-state index in [-0.39, 0.29) is 12.3 Å². The van der Waals surface area contributed by atoms with Gasteiger partial charge in [-0.05, 0) is 36.4 Å². The van der Waals surface area contributed by atoms with E-state index in [0.29, 0.717) is 47.8 Å². The topological polar surface area (TPSA) is 90.4 Å². The van der Waals surface area contributed by atoms with E-state index in [1.54, 1.807) is 36.4 Å². The summed E-state index contributed by atoms with van der Waals surface area (Å²) < 4.78 is 15.8. The molecule has 0 saturated carbocycles. The molecule has 0 aliphatic carbocycles. The fraction of sp³-hybridized carbons (Fsp3) is 0.235. The summed E-state index contributed by atoms with van der Waals surface area (Å²) in [4.78, 5) is 16.0. The maximum absolute atomic E-state index is 11.8. The van der Waals surface area contributed by atoms with E-state index in [4.69, 9.17) is 25.3 Å². The van der Waals surface area contributed by atoms with Gasteiger partial charge in [-0.15, -0.1) is 0 Å². The third kappa shape index (κ3) is 5.09. The number of amides is 1. The second kappa shape index (κ2) is 8.34. The largest absolute Gasteiger partial charge is 0.492 e. The molecule has 0 unspecified atom stereocenters. The number of nitrogens with one attached hydrogen (secondary N) is 1. The summed E-state index contributed by atoms with van der Waals surface area (Å²) in [6, 6.07) is 10.5. The molecule has 1 aromatic carbocycles. The minimum Gasteiger partial charge on any atom is -0.492 e. The molecule has 3 aromatic rings. The minimum atomic E-state index is -0.113. The molecule has 25 heavy (non-hydrogen) atoms. The lowest BCUT2D eigenvalue weighted by Gasteiger charge is -2.07. The van der Waals surface area contributed by atoms with Gasteiger partial charge in [-0.2, -0.15) is 4.98 Å². The highest BCUT2D eigenvalue weighted by atomic mass is 35.5. The Hall–Kier alpha value is -2.80. The van der Waals surface area contributed by atoms with Crippen LogP contribution >= 0.6 is 11.6 Å². The zero-order valence-electron chi connectivity index (χ0n) is 13.3. The van der Waals surface area contributed by atoms with Gasteiger partial charge < -0.3 is 19.0 Å². The Kier molecular flexibility index (Phi) is 5.69. The van der Waals surface area contributed by atoms with Crippen molar-refractivity contribution in [2.45, 2.75) is 12.8 Å². The van der Waals surface area contributed by atoms with Crippen molar-refractivity contribution in [3.8, 4) is 17.3 Å². The van der Waals surface area contributed by atoms with Crippen molar-refractivity contribution in [2.24, 2.45) is 0 Å². The highest BCUT2D eigenvalue weighted by molar-refractivity contribution is 6.30. The Labute approximate surface area is 148 Å². The summed E-state index contributed by atoms with van der Waals surface area (Å²) in [5.74, 6) is 1.88. The number of furan rings is 1. The van der Waals surface area contributed by atoms with Gasteiger partial charge in [-0.3, -0.25) is 4.79 Å². The number of ether oxygens (including phenoxy) is 1. The van der Waals surface area contributed by atoms with Crippen LogP contribution in [0.1, 0.15) is 12.3 Å². The monoisotopic (exact) mass is 361 g/mol. The standard InChI is InChI=1S/C17H16ClN3O4/c18-12-3-5-13(6-4-12)23-11-9-19-15(22)7-8-16-20-17(21-25-16)14-2-1-10-24-14/h1-6,10H,7-9,11H2,(H,19,22). The van der Waals surface area contributed by atoms with E-state index in [0.717, 1.165) is 0 Å². The van der Waals surface area contributed by atoms with Gasteiger partial charge in [-0.1, -0.05) is 16.8 Å². The van der Waals surface area contributed by atoms with E-state index in [2.05, 4.69) is 15.5 Å². The first-order chi connectivity index (χ1) is 12.2. The molecule has 8 heteroatoms. The third-order valence-corrected chi connectivity index (χ3v) is 3.53. The first kappa shape index (κ1) is 17.0. The first-order valence-corrected chi connectivity index (χ1v) is 8.10. The molecule has 0 radical (unpaired) electrons. The van der Waals surface area contributed by atoms with Crippen molar-refractivity contribution in [3.63, 3.8) is 0 Å². The summed E-state index contributed by atoms with van der Waals surface area (Å²) in [5, 5.41) is 7.23. The lowest BCUT2D eigenvalue weighted by atomic mass is 10.3. The van der Waals surface area contributed by atoms with Crippen LogP contribution in [0.25, 0.3) is 11.6 Å². The predicted octanol–water partition coefficient (Wildman–Crippen LogP) is 3.11. The van der Waals surface area contributed by atoms with Gasteiger partial charge in [-0.25, -0.2) is 0 Å². The lowest BCUT2D eigenvalue weighted by Crippen LogP contribution is -2.28. The zero-order valence-corrected chi connectivity index (χ0v) is 14.0. The molecule has 0 fully saturated rings. The second-order valence-electron chi connectivity index (χ2n) is 5.14. The molecule has 0 saturated heterocycles. The quantitative estimate of drug-likeness (QED) is 0.620. The van der Waals surface area contributed by atoms with Crippen molar-refractivity contribution in [3.05, 3.63) is 53.6 Å². The van der Waals surface area contributed by atoms with Crippen LogP contribution in [-0.2, 0) is 11.2 Å². The first-order valence-electron chi connectivity index (χ1n) is 7.72. The molecule has 1 amide bonds. The summed E-state index contributed by atoms with van der Waals surface area (Å²) in [6.07, 6.45) is 2.14. The maximum Gasteiger partial charge on any atom is 0.238 e. The number of rotatable bonds is 8. The number of carbonyl (C=O) groups is 1. The Morgan fingerprint density at radius 1 is 1.24 bits per heavy atom. The number of aromatic nitrogens is 2. The summed E-state index contributed by atoms with van der Waals surface area (Å²) >= 11 is 5.80. The van der Waals surface area contributed by atoms with Crippen LogP contribution in [0.3, 0.4) is 0 Å². The molecule has 3 rings (SSSR count). The molecule has 0 spiro atoms. The van der Waals surface area contributed by atoms with Crippen LogP contribution < -0.4 is 10.1 Å². The molecule has 0 aliphatic rings. The van der Waals surface area contributed by atoms with Gasteiger partial charge in [0.2, 0.25) is 17.6 Å². The van der Waals surface area contributed by atoms with Gasteiger partial charge in [0.25, 0.3) is 0 Å². The molecule has 0 atom stereocenters. The number of carbonyl (C=O) groups excluding carboxylic acids is 1. The Morgan fingerprint density at radius 2 is 2.08 bits per heavy atom. The second-order valence-corrected chi connectivity index (χ2v) is 5.58. The molecule has 2 heterocycles. The predicted molar refractivity (Wildman–Crippen MR) is 90.3 cm³/mol. The summed E-state index contributed by atoms with van der Waals surface area (Å²) in [7, 11) is 0. The molecule has 0 aliphatic heterocycles. The van der Waals surface area contributed by atoms with Gasteiger partial charge >= 0.3 is 0 Å². The van der Waals surface area contributed by atoms with E-state index in [9.17, 15) is 4.79 Å². The van der Waals surface area contributed by atoms with Crippen LogP contribution in [0, 0.1) is 0 Å². The van der Waals surface area contributed by atoms with Crippen LogP contribution in [0.15, 0.2) is 51.6 Å². The fourth-order valence-corrected chi connectivity index (χ4v) is 2.19. The van der Waals surface area contributed by atoms with Crippen LogP contribution in [0.2, 0.25) is 5.02 Å². The average Bonchev–Trinajstić information content (AvgIpc) is 3.29. The van der Waals surface area contributed by atoms with Crippen LogP contribution in [-0.4, -0.2) is 29.2 Å². The zero-order chi connectivity index (χ0) is 17.5. The maximum atomic E-state index is 11.8. The molecule has 130 valence electrons. The van der Waals surface area contributed by atoms with Gasteiger partial charge in [0.05, 0.1) is 12.8 Å². The number of aryl methyl sites for hydroxylation is 1.